The number of hydrogen-bond acceptors (Lipinski definition) is 5. The number of carboxylic acids is 1. The zero-order chi connectivity index (χ0) is 17.4. The lowest BCUT2D eigenvalue weighted by Gasteiger charge is -2.14. The number of aliphatic carboxylic acids is 1. The zero-order valence-corrected chi connectivity index (χ0v) is 13.5. The molecular weight excluding hydrogens is 310 g/mol. The molecule has 1 unspecified atom stereocenters. The summed E-state index contributed by atoms with van der Waals surface area (Å²) in [5, 5.41) is 8.99. The van der Waals surface area contributed by atoms with Gasteiger partial charge in [-0.05, 0) is 24.5 Å². The van der Waals surface area contributed by atoms with Crippen LogP contribution in [0.3, 0.4) is 0 Å². The van der Waals surface area contributed by atoms with Gasteiger partial charge in [-0.3, -0.25) is 4.84 Å². The van der Waals surface area contributed by atoms with Crippen LogP contribution in [-0.4, -0.2) is 33.8 Å². The van der Waals surface area contributed by atoms with Gasteiger partial charge in [-0.2, -0.15) is 0 Å². The smallest absolute Gasteiger partial charge is 0.334 e. The van der Waals surface area contributed by atoms with Crippen LogP contribution in [0, 0.1) is 0 Å². The van der Waals surface area contributed by atoms with Crippen molar-refractivity contribution in [3.05, 3.63) is 54.6 Å². The third-order valence-electron chi connectivity index (χ3n) is 3.62. The van der Waals surface area contributed by atoms with E-state index in [-0.39, 0.29) is 6.42 Å². The van der Waals surface area contributed by atoms with Crippen LogP contribution in [0.1, 0.15) is 18.4 Å². The van der Waals surface area contributed by atoms with Crippen LogP contribution < -0.4 is 10.6 Å². The average Bonchev–Trinajstić information content (AvgIpc) is 3.10. The standard InChI is InChI=1S/C17H21N3O4/c1-23-15-7-3-2-6-14(15)13(11-20-10-9-19-12-20)5-4-8-16(24-18)17(21)22/h2-3,5-7,9-10,12,16H,4,8,11,18H2,1H3,(H,21,22)/b13-5+. The molecule has 0 saturated carbocycles. The first-order valence-electron chi connectivity index (χ1n) is 7.52. The van der Waals surface area contributed by atoms with Crippen molar-refractivity contribution >= 4 is 11.5 Å². The number of imidazole rings is 1. The van der Waals surface area contributed by atoms with Crippen LogP contribution >= 0.6 is 0 Å². The Morgan fingerprint density at radius 3 is 2.88 bits per heavy atom. The lowest BCUT2D eigenvalue weighted by molar-refractivity contribution is -0.151. The van der Waals surface area contributed by atoms with Gasteiger partial charge in [-0.1, -0.05) is 24.3 Å². The molecule has 3 N–H and O–H groups in total. The number of carbonyl (C=O) groups is 1. The highest BCUT2D eigenvalue weighted by Crippen LogP contribution is 2.27. The largest absolute Gasteiger partial charge is 0.496 e. The van der Waals surface area contributed by atoms with Crippen LogP contribution in [-0.2, 0) is 16.2 Å². The maximum atomic E-state index is 11.0. The van der Waals surface area contributed by atoms with Gasteiger partial charge in [0.15, 0.2) is 6.10 Å². The van der Waals surface area contributed by atoms with Gasteiger partial charge in [0, 0.05) is 24.5 Å². The summed E-state index contributed by atoms with van der Waals surface area (Å²) >= 11 is 0. The quantitative estimate of drug-likeness (QED) is 0.683. The highest BCUT2D eigenvalue weighted by Gasteiger charge is 2.16. The fourth-order valence-corrected chi connectivity index (χ4v) is 2.41. The van der Waals surface area contributed by atoms with Gasteiger partial charge in [0.05, 0.1) is 13.4 Å². The predicted molar refractivity (Wildman–Crippen MR) is 89.1 cm³/mol. The molecular formula is C17H21N3O4. The Balaban J connectivity index is 2.22. The van der Waals surface area contributed by atoms with E-state index < -0.39 is 12.1 Å². The summed E-state index contributed by atoms with van der Waals surface area (Å²) in [5.74, 6) is 4.71. The van der Waals surface area contributed by atoms with E-state index in [1.165, 1.54) is 0 Å². The van der Waals surface area contributed by atoms with Crippen molar-refractivity contribution in [1.29, 1.82) is 0 Å². The van der Waals surface area contributed by atoms with Crippen molar-refractivity contribution in [3.8, 4) is 5.75 Å². The fourth-order valence-electron chi connectivity index (χ4n) is 2.41. The summed E-state index contributed by atoms with van der Waals surface area (Å²) in [4.78, 5) is 19.5. The first-order chi connectivity index (χ1) is 11.7. The first kappa shape index (κ1) is 17.7. The Bertz CT molecular complexity index is 683. The number of nitrogens with two attached hydrogens (primary N) is 1. The van der Waals surface area contributed by atoms with E-state index in [1.807, 2.05) is 41.1 Å². The summed E-state index contributed by atoms with van der Waals surface area (Å²) in [6.07, 6.45) is 7.06. The number of methoxy groups -OCH3 is 1. The summed E-state index contributed by atoms with van der Waals surface area (Å²) in [7, 11) is 1.62. The minimum Gasteiger partial charge on any atom is -0.496 e. The number of nitrogens with zero attached hydrogens (tertiary/aromatic N) is 2. The minimum absolute atomic E-state index is 0.286. The van der Waals surface area contributed by atoms with E-state index in [0.717, 1.165) is 16.9 Å². The van der Waals surface area contributed by atoms with Crippen molar-refractivity contribution in [2.45, 2.75) is 25.5 Å². The van der Waals surface area contributed by atoms with E-state index in [9.17, 15) is 4.79 Å². The minimum atomic E-state index is -1.07. The summed E-state index contributed by atoms with van der Waals surface area (Å²) in [6, 6.07) is 7.69. The van der Waals surface area contributed by atoms with Crippen molar-refractivity contribution in [2.75, 3.05) is 7.11 Å². The third kappa shape index (κ3) is 4.68. The number of allylic oxidation sites excluding steroid dienone is 2. The van der Waals surface area contributed by atoms with Gasteiger partial charge in [-0.15, -0.1) is 0 Å². The Hall–Kier alpha value is -2.64. The molecule has 1 aromatic heterocycles. The van der Waals surface area contributed by atoms with Crippen molar-refractivity contribution in [2.24, 2.45) is 5.90 Å². The Morgan fingerprint density at radius 2 is 2.25 bits per heavy atom. The number of hydrogen-bond donors (Lipinski definition) is 2. The number of ether oxygens (including phenoxy) is 1. The van der Waals surface area contributed by atoms with Crippen molar-refractivity contribution < 1.29 is 19.5 Å². The topological polar surface area (TPSA) is 99.6 Å². The third-order valence-corrected chi connectivity index (χ3v) is 3.62. The molecule has 0 aliphatic rings. The molecule has 128 valence electrons. The van der Waals surface area contributed by atoms with Crippen molar-refractivity contribution in [3.63, 3.8) is 0 Å². The lowest BCUT2D eigenvalue weighted by Crippen LogP contribution is -2.26. The summed E-state index contributed by atoms with van der Waals surface area (Å²) < 4.78 is 7.36. The van der Waals surface area contributed by atoms with E-state index >= 15 is 0 Å². The molecule has 2 aromatic rings. The molecule has 0 spiro atoms. The fraction of sp³-hybridized carbons (Fsp3) is 0.294. The molecule has 0 saturated heterocycles. The van der Waals surface area contributed by atoms with E-state index in [4.69, 9.17) is 15.7 Å². The van der Waals surface area contributed by atoms with Gasteiger partial charge in [0.1, 0.15) is 5.75 Å². The maximum absolute atomic E-state index is 11.0. The molecule has 24 heavy (non-hydrogen) atoms. The molecule has 7 heteroatoms. The Morgan fingerprint density at radius 1 is 1.46 bits per heavy atom. The molecule has 1 atom stereocenters. The molecule has 0 fully saturated rings. The SMILES string of the molecule is COc1ccccc1/C(=C/CCC(ON)C(=O)O)Cn1ccnc1. The molecule has 0 aliphatic carbocycles. The number of benzene rings is 1. The maximum Gasteiger partial charge on any atom is 0.334 e. The highest BCUT2D eigenvalue weighted by molar-refractivity contribution is 5.73. The molecule has 7 nitrogen and oxygen atoms in total. The van der Waals surface area contributed by atoms with Crippen LogP contribution in [0.4, 0.5) is 0 Å². The van der Waals surface area contributed by atoms with E-state index in [1.54, 1.807) is 19.6 Å². The van der Waals surface area contributed by atoms with Gasteiger partial charge >= 0.3 is 5.97 Å². The van der Waals surface area contributed by atoms with Gasteiger partial charge < -0.3 is 14.4 Å². The monoisotopic (exact) mass is 331 g/mol. The van der Waals surface area contributed by atoms with Crippen LogP contribution in [0.25, 0.3) is 5.57 Å². The number of aromatic nitrogens is 2. The highest BCUT2D eigenvalue weighted by atomic mass is 16.6. The number of rotatable bonds is 9. The molecule has 1 heterocycles. The Kier molecular flexibility index (Phi) is 6.53. The number of carboxylic acid groups (broad SMARTS) is 1. The normalized spacial score (nSPS) is 12.8. The second kappa shape index (κ2) is 8.85. The molecule has 0 radical (unpaired) electrons. The Labute approximate surface area is 140 Å². The lowest BCUT2D eigenvalue weighted by atomic mass is 10.0. The van der Waals surface area contributed by atoms with Crippen LogP contribution in [0.15, 0.2) is 49.1 Å². The predicted octanol–water partition coefficient (Wildman–Crippen LogP) is 2.10. The second-order valence-corrected chi connectivity index (χ2v) is 5.20. The molecule has 0 bridgehead atoms. The van der Waals surface area contributed by atoms with Gasteiger partial charge in [0.2, 0.25) is 0 Å². The zero-order valence-electron chi connectivity index (χ0n) is 13.5. The first-order valence-corrected chi connectivity index (χ1v) is 7.52. The molecule has 0 amide bonds. The summed E-state index contributed by atoms with van der Waals surface area (Å²) in [6.45, 7) is 0.599. The average molecular weight is 331 g/mol. The second-order valence-electron chi connectivity index (χ2n) is 5.20. The van der Waals surface area contributed by atoms with Gasteiger partial charge in [-0.25, -0.2) is 15.7 Å². The van der Waals surface area contributed by atoms with Crippen molar-refractivity contribution in [1.82, 2.24) is 9.55 Å². The molecule has 1 aromatic carbocycles. The van der Waals surface area contributed by atoms with Crippen LogP contribution in [0.5, 0.6) is 5.75 Å². The molecule has 0 aliphatic heterocycles. The van der Waals surface area contributed by atoms with Crippen LogP contribution in [0.2, 0.25) is 0 Å². The number of para-hydroxylation sites is 1. The molecule has 2 rings (SSSR count). The van der Waals surface area contributed by atoms with E-state index in [0.29, 0.717) is 13.0 Å². The summed E-state index contributed by atoms with van der Waals surface area (Å²) in [5.41, 5.74) is 1.96. The van der Waals surface area contributed by atoms with Gasteiger partial charge in [0.25, 0.3) is 0 Å². The van der Waals surface area contributed by atoms with E-state index in [2.05, 4.69) is 9.82 Å².